The Balaban J connectivity index is 1.97. The van der Waals surface area contributed by atoms with Crippen LogP contribution in [0, 0.1) is 6.92 Å². The van der Waals surface area contributed by atoms with Gasteiger partial charge >= 0.3 is 0 Å². The van der Waals surface area contributed by atoms with Crippen molar-refractivity contribution >= 4 is 11.8 Å². The number of carbonyl (C=O) groups excluding carboxylic acids is 2. The fraction of sp³-hybridized carbons (Fsp3) is 0.333. The second-order valence-electron chi connectivity index (χ2n) is 9.11. The molecule has 0 saturated heterocycles. The van der Waals surface area contributed by atoms with Crippen molar-refractivity contribution in [1.82, 2.24) is 10.2 Å². The molecule has 0 radical (unpaired) electrons. The number of nitrogens with one attached hydrogen (secondary N) is 1. The zero-order chi connectivity index (χ0) is 24.5. The van der Waals surface area contributed by atoms with Gasteiger partial charge < -0.3 is 10.2 Å². The van der Waals surface area contributed by atoms with Crippen molar-refractivity contribution in [1.29, 1.82) is 0 Å². The highest BCUT2D eigenvalue weighted by Crippen LogP contribution is 2.30. The Kier molecular flexibility index (Phi) is 9.03. The number of benzene rings is 3. The summed E-state index contributed by atoms with van der Waals surface area (Å²) in [7, 11) is 0. The highest BCUT2D eigenvalue weighted by Gasteiger charge is 2.31. The minimum Gasteiger partial charge on any atom is -0.352 e. The van der Waals surface area contributed by atoms with E-state index in [1.165, 1.54) is 0 Å². The first-order chi connectivity index (χ1) is 16.4. The first-order valence-electron chi connectivity index (χ1n) is 12.1. The van der Waals surface area contributed by atoms with Gasteiger partial charge in [0.1, 0.15) is 6.04 Å². The maximum absolute atomic E-state index is 14.0. The predicted octanol–water partition coefficient (Wildman–Crippen LogP) is 5.85. The van der Waals surface area contributed by atoms with E-state index in [4.69, 9.17) is 0 Å². The summed E-state index contributed by atoms with van der Waals surface area (Å²) < 4.78 is 0. The van der Waals surface area contributed by atoms with Crippen molar-refractivity contribution in [3.05, 3.63) is 107 Å². The van der Waals surface area contributed by atoms with Crippen LogP contribution in [-0.2, 0) is 16.1 Å². The van der Waals surface area contributed by atoms with Crippen LogP contribution in [0.25, 0.3) is 0 Å². The van der Waals surface area contributed by atoms with Crippen LogP contribution in [0.5, 0.6) is 0 Å². The maximum Gasteiger partial charge on any atom is 0.243 e. The molecule has 2 amide bonds. The highest BCUT2D eigenvalue weighted by atomic mass is 16.2. The number of aryl methyl sites for hydroxylation is 1. The van der Waals surface area contributed by atoms with Gasteiger partial charge in [0.2, 0.25) is 11.8 Å². The largest absolute Gasteiger partial charge is 0.352 e. The summed E-state index contributed by atoms with van der Waals surface area (Å²) in [5.74, 6) is -0.206. The fourth-order valence-electron chi connectivity index (χ4n) is 4.36. The second-order valence-corrected chi connectivity index (χ2v) is 9.11. The minimum atomic E-state index is -0.526. The number of carbonyl (C=O) groups is 2. The SMILES string of the molecule is CC[C@@H](C(=O)NC(C)C)N(Cc1ccccc1C)C(=O)CC(c1ccccc1)c1ccccc1. The average molecular weight is 457 g/mol. The molecule has 0 aliphatic carbocycles. The van der Waals surface area contributed by atoms with Gasteiger partial charge in [-0.05, 0) is 49.4 Å². The molecule has 178 valence electrons. The van der Waals surface area contributed by atoms with Crippen LogP contribution in [0.15, 0.2) is 84.9 Å². The normalized spacial score (nSPS) is 11.9. The van der Waals surface area contributed by atoms with Crippen molar-refractivity contribution in [3.8, 4) is 0 Å². The van der Waals surface area contributed by atoms with Gasteiger partial charge in [-0.1, -0.05) is 91.9 Å². The van der Waals surface area contributed by atoms with Gasteiger partial charge in [0.05, 0.1) is 0 Å². The molecule has 3 aromatic rings. The van der Waals surface area contributed by atoms with Gasteiger partial charge in [0.15, 0.2) is 0 Å². The Morgan fingerprint density at radius 1 is 0.824 bits per heavy atom. The molecule has 4 heteroatoms. The highest BCUT2D eigenvalue weighted by molar-refractivity contribution is 5.88. The summed E-state index contributed by atoms with van der Waals surface area (Å²) in [6.07, 6.45) is 0.850. The molecule has 0 aromatic heterocycles. The van der Waals surface area contributed by atoms with Crippen LogP contribution >= 0.6 is 0 Å². The maximum atomic E-state index is 14.0. The number of rotatable bonds is 10. The number of amides is 2. The van der Waals surface area contributed by atoms with E-state index in [0.717, 1.165) is 22.3 Å². The van der Waals surface area contributed by atoms with Crippen molar-refractivity contribution in [2.24, 2.45) is 0 Å². The fourth-order valence-corrected chi connectivity index (χ4v) is 4.36. The Morgan fingerprint density at radius 2 is 1.35 bits per heavy atom. The van der Waals surface area contributed by atoms with Crippen molar-refractivity contribution in [2.45, 2.75) is 65.1 Å². The van der Waals surface area contributed by atoms with E-state index in [2.05, 4.69) is 29.6 Å². The molecule has 1 N–H and O–H groups in total. The van der Waals surface area contributed by atoms with Crippen molar-refractivity contribution in [2.75, 3.05) is 0 Å². The first-order valence-corrected chi connectivity index (χ1v) is 12.1. The van der Waals surface area contributed by atoms with E-state index in [9.17, 15) is 9.59 Å². The Morgan fingerprint density at radius 3 is 1.85 bits per heavy atom. The van der Waals surface area contributed by atoms with Gasteiger partial charge in [-0.3, -0.25) is 9.59 Å². The molecule has 0 fully saturated rings. The summed E-state index contributed by atoms with van der Waals surface area (Å²) in [6.45, 7) is 8.31. The summed E-state index contributed by atoms with van der Waals surface area (Å²) >= 11 is 0. The van der Waals surface area contributed by atoms with E-state index < -0.39 is 6.04 Å². The smallest absolute Gasteiger partial charge is 0.243 e. The third-order valence-corrected chi connectivity index (χ3v) is 6.20. The van der Waals surface area contributed by atoms with Crippen LogP contribution < -0.4 is 5.32 Å². The third-order valence-electron chi connectivity index (χ3n) is 6.20. The molecule has 0 spiro atoms. The molecule has 34 heavy (non-hydrogen) atoms. The molecule has 1 atom stereocenters. The summed E-state index contributed by atoms with van der Waals surface area (Å²) in [4.78, 5) is 28.9. The van der Waals surface area contributed by atoms with Gasteiger partial charge in [-0.15, -0.1) is 0 Å². The lowest BCUT2D eigenvalue weighted by Gasteiger charge is -2.33. The minimum absolute atomic E-state index is 0.0124. The lowest BCUT2D eigenvalue weighted by molar-refractivity contribution is -0.141. The summed E-state index contributed by atoms with van der Waals surface area (Å²) in [5, 5.41) is 3.01. The van der Waals surface area contributed by atoms with Gasteiger partial charge in [0, 0.05) is 24.9 Å². The van der Waals surface area contributed by atoms with Gasteiger partial charge in [-0.2, -0.15) is 0 Å². The van der Waals surface area contributed by atoms with E-state index in [1.54, 1.807) is 4.90 Å². The van der Waals surface area contributed by atoms with Crippen LogP contribution in [-0.4, -0.2) is 28.8 Å². The van der Waals surface area contributed by atoms with Crippen molar-refractivity contribution < 1.29 is 9.59 Å². The molecule has 0 aliphatic rings. The molecule has 0 saturated carbocycles. The monoisotopic (exact) mass is 456 g/mol. The molecule has 0 unspecified atom stereocenters. The molecule has 3 rings (SSSR count). The predicted molar refractivity (Wildman–Crippen MR) is 138 cm³/mol. The molecule has 0 aliphatic heterocycles. The van der Waals surface area contributed by atoms with Crippen molar-refractivity contribution in [3.63, 3.8) is 0 Å². The molecular formula is C30H36N2O2. The number of hydrogen-bond donors (Lipinski definition) is 1. The number of nitrogens with zero attached hydrogens (tertiary/aromatic N) is 1. The second kappa shape index (κ2) is 12.2. The summed E-state index contributed by atoms with van der Waals surface area (Å²) in [6, 6.07) is 27.8. The Hall–Kier alpha value is -3.40. The molecule has 0 heterocycles. The molecule has 3 aromatic carbocycles. The van der Waals surface area contributed by atoms with E-state index in [-0.39, 0.29) is 23.8 Å². The van der Waals surface area contributed by atoms with E-state index in [0.29, 0.717) is 19.4 Å². The topological polar surface area (TPSA) is 49.4 Å². The summed E-state index contributed by atoms with van der Waals surface area (Å²) in [5.41, 5.74) is 4.36. The standard InChI is InChI=1S/C30H36N2O2/c1-5-28(30(34)31-22(2)3)32(21-26-19-13-12-14-23(26)4)29(33)20-27(24-15-8-6-9-16-24)25-17-10-7-11-18-25/h6-19,22,27-28H,5,20-21H2,1-4H3,(H,31,34)/t28-/m0/s1. The Labute approximate surface area is 204 Å². The zero-order valence-corrected chi connectivity index (χ0v) is 20.7. The average Bonchev–Trinajstić information content (AvgIpc) is 2.84. The van der Waals surface area contributed by atoms with Gasteiger partial charge in [0.25, 0.3) is 0 Å². The quantitative estimate of drug-likeness (QED) is 0.416. The van der Waals surface area contributed by atoms with E-state index in [1.807, 2.05) is 88.4 Å². The van der Waals surface area contributed by atoms with Crippen LogP contribution in [0.2, 0.25) is 0 Å². The molecule has 4 nitrogen and oxygen atoms in total. The van der Waals surface area contributed by atoms with Crippen LogP contribution in [0.3, 0.4) is 0 Å². The first kappa shape index (κ1) is 25.2. The molecular weight excluding hydrogens is 420 g/mol. The number of hydrogen-bond acceptors (Lipinski definition) is 2. The van der Waals surface area contributed by atoms with E-state index >= 15 is 0 Å². The zero-order valence-electron chi connectivity index (χ0n) is 20.7. The molecule has 0 bridgehead atoms. The Bertz CT molecular complexity index is 1020. The van der Waals surface area contributed by atoms with Crippen LogP contribution in [0.1, 0.15) is 61.8 Å². The lowest BCUT2D eigenvalue weighted by Crippen LogP contribution is -2.50. The van der Waals surface area contributed by atoms with Crippen LogP contribution in [0.4, 0.5) is 0 Å². The lowest BCUT2D eigenvalue weighted by atomic mass is 9.88. The third kappa shape index (κ3) is 6.57. The van der Waals surface area contributed by atoms with Gasteiger partial charge in [-0.25, -0.2) is 0 Å².